The van der Waals surface area contributed by atoms with Crippen molar-refractivity contribution < 1.29 is 62.7 Å². The second-order valence-electron chi connectivity index (χ2n) is 0.816. The molecule has 0 saturated heterocycles. The van der Waals surface area contributed by atoms with E-state index in [1.165, 1.54) is 0 Å². The van der Waals surface area contributed by atoms with Gasteiger partial charge in [-0.05, 0) is 0 Å². The molecule has 0 unspecified atom stereocenters. The van der Waals surface area contributed by atoms with Gasteiger partial charge >= 0.3 is 27.7 Å². The van der Waals surface area contributed by atoms with Crippen molar-refractivity contribution in [3.8, 4) is 0 Å². The van der Waals surface area contributed by atoms with E-state index >= 15 is 0 Å². The smallest absolute Gasteiger partial charge is 0.759 e. The van der Waals surface area contributed by atoms with Crippen molar-refractivity contribution in [3.05, 3.63) is 0 Å². The first kappa shape index (κ1) is 17.7. The largest absolute Gasteiger partial charge is 4.00 e. The second-order valence-corrected chi connectivity index (χ2v) is 2.45. The molecule has 0 aliphatic rings. The summed E-state index contributed by atoms with van der Waals surface area (Å²) in [6.45, 7) is 0. The zero-order chi connectivity index (χ0) is 9.00. The van der Waals surface area contributed by atoms with Crippen LogP contribution in [-0.4, -0.2) is 35.0 Å². The Balaban J connectivity index is -0.000000107. The van der Waals surface area contributed by atoms with Gasteiger partial charge in [-0.15, -0.1) is 0 Å². The molecule has 0 amide bonds. The summed E-state index contributed by atoms with van der Waals surface area (Å²) < 4.78 is 68.2. The Morgan fingerprint density at radius 1 is 0.636 bits per heavy atom. The van der Waals surface area contributed by atoms with Gasteiger partial charge in [-0.2, -0.15) is 0 Å². The molecule has 0 fully saturated rings. The molecule has 0 radical (unpaired) electrons. The van der Waals surface area contributed by atoms with Gasteiger partial charge in [0, 0.05) is 20.8 Å². The van der Waals surface area contributed by atoms with E-state index in [-0.39, 0.29) is 27.7 Å². The molecule has 0 bridgehead atoms. The normalized spacial score (nSPS) is 10.5. The van der Waals surface area contributed by atoms with Crippen LogP contribution < -0.4 is 0 Å². The van der Waals surface area contributed by atoms with Gasteiger partial charge in [-0.1, -0.05) is 0 Å². The Bertz CT molecular complexity index is 208. The third-order valence-corrected chi connectivity index (χ3v) is 0. The first-order valence-electron chi connectivity index (χ1n) is 1.33. The van der Waals surface area contributed by atoms with Crippen LogP contribution in [0.5, 0.6) is 0 Å². The van der Waals surface area contributed by atoms with Crippen LogP contribution >= 0.6 is 0 Å². The Morgan fingerprint density at radius 3 is 0.636 bits per heavy atom. The number of rotatable bonds is 0. The van der Waals surface area contributed by atoms with Crippen LogP contribution in [0.1, 0.15) is 0 Å². The summed E-state index contributed by atoms with van der Waals surface area (Å²) in [7, 11) is -10.3. The van der Waals surface area contributed by atoms with E-state index in [2.05, 4.69) is 0 Å². The molecule has 0 atom stereocenters. The summed E-state index contributed by atoms with van der Waals surface area (Å²) in [5.41, 5.74) is 0. The van der Waals surface area contributed by atoms with Gasteiger partial charge < -0.3 is 18.2 Å². The van der Waals surface area contributed by atoms with E-state index in [0.29, 0.717) is 0 Å². The molecule has 0 N–H and O–H groups in total. The van der Waals surface area contributed by atoms with Crippen LogP contribution in [-0.2, 0) is 48.5 Å². The zero-order valence-corrected chi connectivity index (χ0v) is 11.9. The van der Waals surface area contributed by atoms with Crippen LogP contribution in [0.4, 0.5) is 0 Å². The minimum Gasteiger partial charge on any atom is -0.759 e. The monoisotopic (exact) mass is 394 g/mol. The molecule has 11 heteroatoms. The fourth-order valence-electron chi connectivity index (χ4n) is 0. The van der Waals surface area contributed by atoms with E-state index in [1.54, 1.807) is 0 Å². The van der Waals surface area contributed by atoms with Gasteiger partial charge in [0.2, 0.25) is 0 Å². The average molecular weight is 393 g/mol. The maximum Gasteiger partial charge on any atom is 4.00 e. The van der Waals surface area contributed by atoms with E-state index in [4.69, 9.17) is 35.0 Å². The van der Waals surface area contributed by atoms with Crippen molar-refractivity contribution in [2.75, 3.05) is 0 Å². The summed E-state index contributed by atoms with van der Waals surface area (Å²) in [6.07, 6.45) is 0. The Labute approximate surface area is 83.3 Å². The van der Waals surface area contributed by atoms with E-state index in [1.807, 2.05) is 0 Å². The van der Waals surface area contributed by atoms with E-state index in [0.717, 1.165) is 0 Å². The van der Waals surface area contributed by atoms with Gasteiger partial charge in [0.25, 0.3) is 0 Å². The molecule has 0 spiro atoms. The average Bonchev–Trinajstić information content (AvgIpc) is 1.12. The molecule has 0 aromatic rings. The fourth-order valence-corrected chi connectivity index (χ4v) is 0. The van der Waals surface area contributed by atoms with Crippen molar-refractivity contribution in [2.45, 2.75) is 0 Å². The number of hydrogen-bond donors (Lipinski definition) is 0. The molecular weight excluding hydrogens is 393 g/mol. The van der Waals surface area contributed by atoms with Gasteiger partial charge in [-0.25, -0.2) is 0 Å². The van der Waals surface area contributed by atoms with Gasteiger partial charge in [0.1, 0.15) is 0 Å². The summed E-state index contributed by atoms with van der Waals surface area (Å²) in [5.74, 6) is 0. The molecular formula is HgO8S2. The third-order valence-electron chi connectivity index (χ3n) is 0. The maximum atomic E-state index is 8.52. The molecule has 0 heterocycles. The van der Waals surface area contributed by atoms with Gasteiger partial charge in [-0.3, -0.25) is 16.8 Å². The Morgan fingerprint density at radius 2 is 0.636 bits per heavy atom. The molecule has 62 valence electrons. The summed E-state index contributed by atoms with van der Waals surface area (Å²) in [4.78, 5) is 0. The zero-order valence-electron chi connectivity index (χ0n) is 4.79. The van der Waals surface area contributed by atoms with Gasteiger partial charge in [0.15, 0.2) is 0 Å². The summed E-state index contributed by atoms with van der Waals surface area (Å²) >= 11 is 0. The minimum atomic E-state index is -5.17. The fraction of sp³-hybridized carbons (Fsp3) is 0. The topological polar surface area (TPSA) is 161 Å². The predicted molar refractivity (Wildman–Crippen MR) is 20.9 cm³/mol. The first-order valence-corrected chi connectivity index (χ1v) is 4.00. The molecule has 0 rings (SSSR count). The van der Waals surface area contributed by atoms with Crippen LogP contribution in [0.3, 0.4) is 0 Å². The second kappa shape index (κ2) is 6.22. The molecule has 0 aromatic heterocycles. The third kappa shape index (κ3) is 1760. The van der Waals surface area contributed by atoms with Crippen LogP contribution in [0.25, 0.3) is 0 Å². The quantitative estimate of drug-likeness (QED) is 0.245. The Kier molecular flexibility index (Phi) is 10.00. The van der Waals surface area contributed by atoms with Crippen LogP contribution in [0.2, 0.25) is 0 Å². The van der Waals surface area contributed by atoms with E-state index < -0.39 is 20.8 Å². The van der Waals surface area contributed by atoms with E-state index in [9.17, 15) is 0 Å². The molecule has 0 aliphatic carbocycles. The number of hydrogen-bond acceptors (Lipinski definition) is 8. The SMILES string of the molecule is O=S(=O)([O-])[O-].O=S(=O)([O-])[O-].[Hg+4]. The molecule has 11 heavy (non-hydrogen) atoms. The summed E-state index contributed by atoms with van der Waals surface area (Å²) in [6, 6.07) is 0. The first-order chi connectivity index (χ1) is 4.00. The van der Waals surface area contributed by atoms with Crippen LogP contribution in [0, 0.1) is 0 Å². The van der Waals surface area contributed by atoms with Crippen molar-refractivity contribution in [3.63, 3.8) is 0 Å². The van der Waals surface area contributed by atoms with Crippen molar-refractivity contribution in [1.82, 2.24) is 0 Å². The van der Waals surface area contributed by atoms with Crippen molar-refractivity contribution >= 4 is 20.8 Å². The maximum absolute atomic E-state index is 8.52. The Hall–Kier alpha value is 0.675. The van der Waals surface area contributed by atoms with Crippen molar-refractivity contribution in [1.29, 1.82) is 0 Å². The standard InChI is InChI=1S/Hg.2H2O4S/c;2*1-5(2,3)4/h;2*(H2,1,2,3,4)/q+4;;/p-4. The van der Waals surface area contributed by atoms with Crippen molar-refractivity contribution in [2.24, 2.45) is 0 Å². The molecule has 8 nitrogen and oxygen atoms in total. The van der Waals surface area contributed by atoms with Gasteiger partial charge in [0.05, 0.1) is 0 Å². The predicted octanol–water partition coefficient (Wildman–Crippen LogP) is -2.68. The molecule has 0 aliphatic heterocycles. The minimum absolute atomic E-state index is 0. The van der Waals surface area contributed by atoms with Crippen LogP contribution in [0.15, 0.2) is 0 Å². The molecule has 0 aromatic carbocycles. The summed E-state index contributed by atoms with van der Waals surface area (Å²) in [5, 5.41) is 0. The molecule has 0 saturated carbocycles.